The zero-order valence-electron chi connectivity index (χ0n) is 13.0. The van der Waals surface area contributed by atoms with Crippen LogP contribution in [0.1, 0.15) is 40.5 Å². The van der Waals surface area contributed by atoms with Crippen LogP contribution >= 0.6 is 0 Å². The molecule has 1 saturated heterocycles. The predicted molar refractivity (Wildman–Crippen MR) is 74.6 cm³/mol. The van der Waals surface area contributed by atoms with Gasteiger partial charge < -0.3 is 15.1 Å². The second-order valence-corrected chi connectivity index (χ2v) is 7.21. The van der Waals surface area contributed by atoms with Crippen LogP contribution in [0.3, 0.4) is 0 Å². The summed E-state index contributed by atoms with van der Waals surface area (Å²) in [5.74, 6) is -2.73. The van der Waals surface area contributed by atoms with E-state index >= 15 is 0 Å². The van der Waals surface area contributed by atoms with Crippen molar-refractivity contribution in [1.29, 1.82) is 0 Å². The van der Waals surface area contributed by atoms with Crippen molar-refractivity contribution in [3.63, 3.8) is 0 Å². The highest BCUT2D eigenvalue weighted by Crippen LogP contribution is 2.78. The molecule has 1 heterocycles. The molecule has 0 aromatic heterocycles. The maximum absolute atomic E-state index is 12.8. The Labute approximate surface area is 124 Å². The Bertz CT molecular complexity index is 486. The van der Waals surface area contributed by atoms with Crippen molar-refractivity contribution in [1.82, 2.24) is 4.90 Å². The molecule has 6 nitrogen and oxygen atoms in total. The van der Waals surface area contributed by atoms with Crippen molar-refractivity contribution in [3.05, 3.63) is 0 Å². The zero-order chi connectivity index (χ0) is 16.2. The van der Waals surface area contributed by atoms with Crippen LogP contribution in [0.5, 0.6) is 0 Å². The van der Waals surface area contributed by atoms with Gasteiger partial charge in [0.2, 0.25) is 5.91 Å². The summed E-state index contributed by atoms with van der Waals surface area (Å²) in [6.45, 7) is 7.87. The molecule has 1 aliphatic heterocycles. The fourth-order valence-electron chi connectivity index (χ4n) is 4.04. The van der Waals surface area contributed by atoms with Gasteiger partial charge >= 0.3 is 11.9 Å². The number of rotatable bonds is 3. The highest BCUT2D eigenvalue weighted by Gasteiger charge is 2.86. The molecule has 2 N–H and O–H groups in total. The molecule has 0 bridgehead atoms. The molecule has 0 unspecified atom stereocenters. The molecule has 0 radical (unpaired) electrons. The summed E-state index contributed by atoms with van der Waals surface area (Å²) in [5, 5.41) is 18.7. The van der Waals surface area contributed by atoms with E-state index in [9.17, 15) is 19.5 Å². The van der Waals surface area contributed by atoms with E-state index < -0.39 is 34.1 Å². The van der Waals surface area contributed by atoms with E-state index in [1.165, 1.54) is 4.90 Å². The number of hydrogen-bond acceptors (Lipinski definition) is 3. The Morgan fingerprint density at radius 3 is 1.67 bits per heavy atom. The summed E-state index contributed by atoms with van der Waals surface area (Å²) >= 11 is 0. The molecule has 21 heavy (non-hydrogen) atoms. The van der Waals surface area contributed by atoms with Crippen LogP contribution in [0, 0.1) is 22.2 Å². The van der Waals surface area contributed by atoms with Crippen LogP contribution in [0.2, 0.25) is 0 Å². The number of piperidine rings is 1. The van der Waals surface area contributed by atoms with Crippen LogP contribution in [0.4, 0.5) is 0 Å². The van der Waals surface area contributed by atoms with Crippen molar-refractivity contribution >= 4 is 17.8 Å². The van der Waals surface area contributed by atoms with E-state index in [0.717, 1.165) is 0 Å². The van der Waals surface area contributed by atoms with Gasteiger partial charge in [-0.2, -0.15) is 0 Å². The smallest absolute Gasteiger partial charge is 0.320 e. The van der Waals surface area contributed by atoms with Gasteiger partial charge in [-0.1, -0.05) is 27.7 Å². The number of likely N-dealkylation sites (tertiary alicyclic amines) is 1. The molecule has 2 fully saturated rings. The number of aliphatic carboxylic acids is 2. The number of nitrogens with zero attached hydrogens (tertiary/aromatic N) is 1. The first-order chi connectivity index (χ1) is 9.51. The van der Waals surface area contributed by atoms with Gasteiger partial charge in [0, 0.05) is 13.1 Å². The lowest BCUT2D eigenvalue weighted by molar-refractivity contribution is -0.159. The minimum atomic E-state index is -1.41. The van der Waals surface area contributed by atoms with Crippen molar-refractivity contribution in [2.45, 2.75) is 40.5 Å². The fourth-order valence-corrected chi connectivity index (χ4v) is 4.04. The minimum absolute atomic E-state index is 0.316. The van der Waals surface area contributed by atoms with Crippen LogP contribution in [-0.4, -0.2) is 46.0 Å². The van der Waals surface area contributed by atoms with Gasteiger partial charge in [-0.05, 0) is 23.7 Å². The van der Waals surface area contributed by atoms with Crippen molar-refractivity contribution in [3.8, 4) is 0 Å². The third kappa shape index (κ3) is 1.74. The number of hydrogen-bond donors (Lipinski definition) is 2. The summed E-state index contributed by atoms with van der Waals surface area (Å²) in [4.78, 5) is 37.1. The molecular weight excluding hydrogens is 274 g/mol. The number of amides is 1. The SMILES string of the molecule is CC1(C)C(C)(C)C1(C(=O)O)C(=O)N1CCC(C(=O)O)CC1. The molecule has 0 aromatic rings. The maximum atomic E-state index is 12.8. The third-order valence-electron chi connectivity index (χ3n) is 6.15. The molecule has 0 spiro atoms. The molecule has 1 amide bonds. The quantitative estimate of drug-likeness (QED) is 0.769. The van der Waals surface area contributed by atoms with Gasteiger partial charge in [0.15, 0.2) is 5.41 Å². The van der Waals surface area contributed by atoms with Crippen LogP contribution < -0.4 is 0 Å². The van der Waals surface area contributed by atoms with Gasteiger partial charge in [-0.3, -0.25) is 14.4 Å². The van der Waals surface area contributed by atoms with E-state index in [-0.39, 0.29) is 5.91 Å². The van der Waals surface area contributed by atoms with E-state index in [4.69, 9.17) is 5.11 Å². The molecule has 1 aliphatic carbocycles. The summed E-state index contributed by atoms with van der Waals surface area (Å²) in [6.07, 6.45) is 0.773. The summed E-state index contributed by atoms with van der Waals surface area (Å²) in [5.41, 5.74) is -2.64. The summed E-state index contributed by atoms with van der Waals surface area (Å²) in [7, 11) is 0. The minimum Gasteiger partial charge on any atom is -0.481 e. The van der Waals surface area contributed by atoms with Gasteiger partial charge in [0.25, 0.3) is 0 Å². The fraction of sp³-hybridized carbons (Fsp3) is 0.800. The lowest BCUT2D eigenvalue weighted by Crippen LogP contribution is -2.48. The first kappa shape index (κ1) is 15.8. The second-order valence-electron chi connectivity index (χ2n) is 7.21. The van der Waals surface area contributed by atoms with E-state index in [0.29, 0.717) is 25.9 Å². The Morgan fingerprint density at radius 1 is 0.952 bits per heavy atom. The highest BCUT2D eigenvalue weighted by molar-refractivity contribution is 6.08. The largest absolute Gasteiger partial charge is 0.481 e. The number of carbonyl (C=O) groups excluding carboxylic acids is 1. The van der Waals surface area contributed by atoms with Gasteiger partial charge in [0.05, 0.1) is 5.92 Å². The van der Waals surface area contributed by atoms with Crippen LogP contribution in [-0.2, 0) is 14.4 Å². The van der Waals surface area contributed by atoms with Crippen LogP contribution in [0.25, 0.3) is 0 Å². The van der Waals surface area contributed by atoms with Gasteiger partial charge in [0.1, 0.15) is 0 Å². The molecule has 0 aromatic carbocycles. The first-order valence-corrected chi connectivity index (χ1v) is 7.27. The lowest BCUT2D eigenvalue weighted by atomic mass is 9.90. The molecule has 0 atom stereocenters. The highest BCUT2D eigenvalue weighted by atomic mass is 16.4. The van der Waals surface area contributed by atoms with E-state index in [1.54, 1.807) is 0 Å². The molecule has 2 rings (SSSR count). The summed E-state index contributed by atoms with van der Waals surface area (Å²) in [6, 6.07) is 0. The Balaban J connectivity index is 2.21. The molecule has 118 valence electrons. The normalized spacial score (nSPS) is 26.2. The zero-order valence-corrected chi connectivity index (χ0v) is 13.0. The third-order valence-corrected chi connectivity index (χ3v) is 6.15. The Morgan fingerprint density at radius 2 is 1.38 bits per heavy atom. The second kappa shape index (κ2) is 4.45. The van der Waals surface area contributed by atoms with E-state index in [2.05, 4.69) is 0 Å². The van der Waals surface area contributed by atoms with Gasteiger partial charge in [-0.15, -0.1) is 0 Å². The average Bonchev–Trinajstić information content (AvgIpc) is 2.75. The standard InChI is InChI=1S/C15H23NO5/c1-13(2)14(3,4)15(13,12(20)21)11(19)16-7-5-9(6-8-16)10(17)18/h9H,5-8H2,1-4H3,(H,17,18)(H,20,21). The topological polar surface area (TPSA) is 94.9 Å². The predicted octanol–water partition coefficient (Wildman–Crippen LogP) is 1.45. The molecule has 1 saturated carbocycles. The van der Waals surface area contributed by atoms with Crippen molar-refractivity contribution < 1.29 is 24.6 Å². The average molecular weight is 297 g/mol. The van der Waals surface area contributed by atoms with Crippen LogP contribution in [0.15, 0.2) is 0 Å². The maximum Gasteiger partial charge on any atom is 0.320 e. The molecule has 6 heteroatoms. The van der Waals surface area contributed by atoms with Crippen molar-refractivity contribution in [2.24, 2.45) is 22.2 Å². The Kier molecular flexibility index (Phi) is 3.35. The first-order valence-electron chi connectivity index (χ1n) is 7.27. The Hall–Kier alpha value is -1.59. The number of carboxylic acids is 2. The lowest BCUT2D eigenvalue weighted by Gasteiger charge is -2.33. The molecular formula is C15H23NO5. The van der Waals surface area contributed by atoms with Gasteiger partial charge in [-0.25, -0.2) is 0 Å². The van der Waals surface area contributed by atoms with Crippen molar-refractivity contribution in [2.75, 3.05) is 13.1 Å². The molecule has 2 aliphatic rings. The number of carbonyl (C=O) groups is 3. The number of carboxylic acid groups (broad SMARTS) is 2. The summed E-state index contributed by atoms with van der Waals surface area (Å²) < 4.78 is 0. The van der Waals surface area contributed by atoms with E-state index in [1.807, 2.05) is 27.7 Å². The monoisotopic (exact) mass is 297 g/mol.